The molecule has 0 radical (unpaired) electrons. The Hall–Kier alpha value is -2.55. The van der Waals surface area contributed by atoms with Gasteiger partial charge in [0.25, 0.3) is 0 Å². The minimum atomic E-state index is 0.421. The molecule has 2 rings (SSSR count). The minimum absolute atomic E-state index is 0.421. The zero-order valence-corrected chi connectivity index (χ0v) is 10.5. The van der Waals surface area contributed by atoms with Gasteiger partial charge in [-0.1, -0.05) is 24.8 Å². The topological polar surface area (TPSA) is 42.3 Å². The summed E-state index contributed by atoms with van der Waals surface area (Å²) in [6.07, 6.45) is 7.80. The number of benzene rings is 1. The first-order valence-electron chi connectivity index (χ1n) is 5.94. The fourth-order valence-corrected chi connectivity index (χ4v) is 2.03. The van der Waals surface area contributed by atoms with Gasteiger partial charge in [-0.25, -0.2) is 0 Å². The molecule has 19 heavy (non-hydrogen) atoms. The summed E-state index contributed by atoms with van der Waals surface area (Å²) in [6.45, 7) is 7.55. The Labute approximate surface area is 112 Å². The zero-order valence-electron chi connectivity index (χ0n) is 10.5. The number of pyridine rings is 1. The summed E-state index contributed by atoms with van der Waals surface area (Å²) in [5.74, 6) is 0. The summed E-state index contributed by atoms with van der Waals surface area (Å²) in [5.41, 5.74) is 4.45. The van der Waals surface area contributed by atoms with Crippen LogP contribution in [-0.2, 0) is 6.42 Å². The third-order valence-electron chi connectivity index (χ3n) is 2.92. The summed E-state index contributed by atoms with van der Waals surface area (Å²) < 4.78 is 0. The molecule has 1 heterocycles. The molecule has 0 aliphatic heterocycles. The number of hydrogen-bond acceptors (Lipinski definition) is 3. The van der Waals surface area contributed by atoms with E-state index in [0.29, 0.717) is 12.1 Å². The van der Waals surface area contributed by atoms with Gasteiger partial charge in [0, 0.05) is 18.0 Å². The van der Waals surface area contributed by atoms with Gasteiger partial charge in [-0.3, -0.25) is 4.98 Å². The molecule has 0 aliphatic carbocycles. The number of nitrogens with zero attached hydrogens (tertiary/aromatic N) is 2. The van der Waals surface area contributed by atoms with E-state index in [9.17, 15) is 4.91 Å². The van der Waals surface area contributed by atoms with Crippen molar-refractivity contribution in [2.75, 3.05) is 0 Å². The number of aromatic nitrogens is 1. The summed E-state index contributed by atoms with van der Waals surface area (Å²) in [4.78, 5) is 14.8. The van der Waals surface area contributed by atoms with Crippen molar-refractivity contribution < 1.29 is 0 Å². The fraction of sp³-hybridized carbons (Fsp3) is 0.0625. The fourth-order valence-electron chi connectivity index (χ4n) is 2.03. The third kappa shape index (κ3) is 2.65. The van der Waals surface area contributed by atoms with Crippen molar-refractivity contribution in [3.63, 3.8) is 0 Å². The van der Waals surface area contributed by atoms with Gasteiger partial charge in [0.15, 0.2) is 0 Å². The van der Waals surface area contributed by atoms with Crippen molar-refractivity contribution in [2.45, 2.75) is 6.42 Å². The lowest BCUT2D eigenvalue weighted by Crippen LogP contribution is -1.91. The van der Waals surface area contributed by atoms with E-state index in [4.69, 9.17) is 0 Å². The van der Waals surface area contributed by atoms with E-state index >= 15 is 0 Å². The number of rotatable bonds is 5. The molecular formula is C16H14N2O. The molecule has 0 saturated heterocycles. The van der Waals surface area contributed by atoms with E-state index in [0.717, 1.165) is 22.3 Å². The van der Waals surface area contributed by atoms with E-state index in [2.05, 4.69) is 23.3 Å². The largest absolute Gasteiger partial charge is 0.264 e. The van der Waals surface area contributed by atoms with Gasteiger partial charge in [-0.2, -0.15) is 0 Å². The van der Waals surface area contributed by atoms with Crippen LogP contribution in [0.4, 0.5) is 5.69 Å². The SMILES string of the molecule is C=CCc1cc(N=O)ccc1-c1cnccc1C=C. The highest BCUT2D eigenvalue weighted by Gasteiger charge is 2.09. The second kappa shape index (κ2) is 5.87. The van der Waals surface area contributed by atoms with Crippen LogP contribution in [0.25, 0.3) is 17.2 Å². The van der Waals surface area contributed by atoms with Gasteiger partial charge < -0.3 is 0 Å². The van der Waals surface area contributed by atoms with E-state index < -0.39 is 0 Å². The van der Waals surface area contributed by atoms with Gasteiger partial charge in [-0.15, -0.1) is 11.5 Å². The van der Waals surface area contributed by atoms with Crippen molar-refractivity contribution in [3.05, 3.63) is 71.9 Å². The molecule has 1 aromatic carbocycles. The van der Waals surface area contributed by atoms with Crippen molar-refractivity contribution >= 4 is 11.8 Å². The van der Waals surface area contributed by atoms with Gasteiger partial charge in [0.1, 0.15) is 5.69 Å². The van der Waals surface area contributed by atoms with Gasteiger partial charge in [0.2, 0.25) is 0 Å². The Morgan fingerprint density at radius 3 is 2.74 bits per heavy atom. The quantitative estimate of drug-likeness (QED) is 0.578. The maximum atomic E-state index is 10.6. The Morgan fingerprint density at radius 1 is 1.21 bits per heavy atom. The Kier molecular flexibility index (Phi) is 3.98. The number of nitroso groups, excluding NO2 is 1. The summed E-state index contributed by atoms with van der Waals surface area (Å²) in [7, 11) is 0. The smallest absolute Gasteiger partial charge is 0.108 e. The Morgan fingerprint density at radius 2 is 2.05 bits per heavy atom. The highest BCUT2D eigenvalue weighted by atomic mass is 16.3. The standard InChI is InChI=1S/C16H14N2O/c1-3-5-13-10-14(18-19)6-7-15(13)16-11-17-9-8-12(16)4-2/h3-4,6-11H,1-2,5H2. The molecule has 1 aromatic heterocycles. The van der Waals surface area contributed by atoms with Crippen LogP contribution in [0.3, 0.4) is 0 Å². The molecule has 0 atom stereocenters. The van der Waals surface area contributed by atoms with Crippen molar-refractivity contribution in [1.82, 2.24) is 4.98 Å². The van der Waals surface area contributed by atoms with Crippen LogP contribution in [0.15, 0.2) is 61.1 Å². The normalized spacial score (nSPS) is 9.89. The predicted molar refractivity (Wildman–Crippen MR) is 79.1 cm³/mol. The summed E-state index contributed by atoms with van der Waals surface area (Å²) >= 11 is 0. The first-order valence-corrected chi connectivity index (χ1v) is 5.94. The number of allylic oxidation sites excluding steroid dienone is 1. The summed E-state index contributed by atoms with van der Waals surface area (Å²) in [6, 6.07) is 7.28. The monoisotopic (exact) mass is 250 g/mol. The molecule has 0 saturated carbocycles. The van der Waals surface area contributed by atoms with Gasteiger partial charge >= 0.3 is 0 Å². The Balaban J connectivity index is 2.63. The first kappa shape index (κ1) is 12.9. The minimum Gasteiger partial charge on any atom is -0.264 e. The zero-order chi connectivity index (χ0) is 13.7. The lowest BCUT2D eigenvalue weighted by molar-refractivity contribution is 1.25. The maximum absolute atomic E-state index is 10.6. The molecular weight excluding hydrogens is 236 g/mol. The average molecular weight is 250 g/mol. The van der Waals surface area contributed by atoms with Gasteiger partial charge in [0.05, 0.1) is 0 Å². The van der Waals surface area contributed by atoms with Crippen LogP contribution >= 0.6 is 0 Å². The second-order valence-electron chi connectivity index (χ2n) is 4.09. The van der Waals surface area contributed by atoms with E-state index in [1.807, 2.05) is 12.1 Å². The third-order valence-corrected chi connectivity index (χ3v) is 2.92. The lowest BCUT2D eigenvalue weighted by atomic mass is 9.95. The first-order chi connectivity index (χ1) is 9.30. The van der Waals surface area contributed by atoms with Crippen LogP contribution in [0, 0.1) is 4.91 Å². The summed E-state index contributed by atoms with van der Waals surface area (Å²) in [5, 5.41) is 2.97. The molecule has 94 valence electrons. The molecule has 3 heteroatoms. The van der Waals surface area contributed by atoms with E-state index in [1.165, 1.54) is 0 Å². The molecule has 0 unspecified atom stereocenters. The molecule has 0 amide bonds. The molecule has 3 nitrogen and oxygen atoms in total. The highest BCUT2D eigenvalue weighted by molar-refractivity contribution is 5.77. The molecule has 0 bridgehead atoms. The molecule has 0 fully saturated rings. The molecule has 0 aliphatic rings. The van der Waals surface area contributed by atoms with E-state index in [1.54, 1.807) is 36.7 Å². The average Bonchev–Trinajstić information content (AvgIpc) is 2.47. The van der Waals surface area contributed by atoms with Crippen molar-refractivity contribution in [1.29, 1.82) is 0 Å². The molecule has 0 spiro atoms. The maximum Gasteiger partial charge on any atom is 0.108 e. The predicted octanol–water partition coefficient (Wildman–Crippen LogP) is 4.52. The van der Waals surface area contributed by atoms with Crippen LogP contribution < -0.4 is 0 Å². The van der Waals surface area contributed by atoms with Crippen LogP contribution in [0.5, 0.6) is 0 Å². The second-order valence-corrected chi connectivity index (χ2v) is 4.09. The lowest BCUT2D eigenvalue weighted by Gasteiger charge is -2.11. The highest BCUT2D eigenvalue weighted by Crippen LogP contribution is 2.30. The van der Waals surface area contributed by atoms with Crippen molar-refractivity contribution in [2.24, 2.45) is 5.18 Å². The van der Waals surface area contributed by atoms with Crippen LogP contribution in [0.2, 0.25) is 0 Å². The van der Waals surface area contributed by atoms with E-state index in [-0.39, 0.29) is 0 Å². The molecule has 2 aromatic rings. The number of hydrogen-bond donors (Lipinski definition) is 0. The van der Waals surface area contributed by atoms with Crippen molar-refractivity contribution in [3.8, 4) is 11.1 Å². The molecule has 0 N–H and O–H groups in total. The van der Waals surface area contributed by atoms with Crippen LogP contribution in [-0.4, -0.2) is 4.98 Å². The van der Waals surface area contributed by atoms with Gasteiger partial charge in [-0.05, 0) is 46.5 Å². The Bertz CT molecular complexity index is 632. The van der Waals surface area contributed by atoms with Crippen LogP contribution in [0.1, 0.15) is 11.1 Å².